The average molecular weight is 289 g/mol. The van der Waals surface area contributed by atoms with Crippen LogP contribution in [0.5, 0.6) is 0 Å². The van der Waals surface area contributed by atoms with Gasteiger partial charge in [0.15, 0.2) is 0 Å². The van der Waals surface area contributed by atoms with E-state index in [1.807, 2.05) is 30.3 Å². The van der Waals surface area contributed by atoms with Gasteiger partial charge in [0.2, 0.25) is 5.91 Å². The molecule has 1 aliphatic carbocycles. The monoisotopic (exact) mass is 289 g/mol. The highest BCUT2D eigenvalue weighted by Crippen LogP contribution is 2.31. The van der Waals surface area contributed by atoms with E-state index in [0.717, 1.165) is 5.56 Å². The first kappa shape index (κ1) is 14.5. The number of benzene rings is 1. The third-order valence-electron chi connectivity index (χ3n) is 4.46. The molecule has 5 heteroatoms. The molecule has 114 valence electrons. The van der Waals surface area contributed by atoms with Gasteiger partial charge in [0, 0.05) is 18.5 Å². The van der Waals surface area contributed by atoms with Gasteiger partial charge < -0.3 is 0 Å². The maximum absolute atomic E-state index is 12.0. The summed E-state index contributed by atoms with van der Waals surface area (Å²) in [5.41, 5.74) is 10.2. The zero-order chi connectivity index (χ0) is 14.5. The van der Waals surface area contributed by atoms with Crippen LogP contribution in [0.1, 0.15) is 37.7 Å². The van der Waals surface area contributed by atoms with E-state index in [-0.39, 0.29) is 11.9 Å². The molecule has 1 aliphatic heterocycles. The van der Waals surface area contributed by atoms with E-state index in [1.54, 1.807) is 0 Å². The number of carbonyl (C=O) groups is 1. The molecule has 3 unspecified atom stereocenters. The van der Waals surface area contributed by atoms with Gasteiger partial charge in [-0.25, -0.2) is 5.48 Å². The van der Waals surface area contributed by atoms with Crippen LogP contribution < -0.4 is 16.3 Å². The zero-order valence-corrected chi connectivity index (χ0v) is 12.2. The van der Waals surface area contributed by atoms with Crippen LogP contribution in [0.4, 0.5) is 0 Å². The van der Waals surface area contributed by atoms with Crippen molar-refractivity contribution in [2.75, 3.05) is 0 Å². The molecule has 2 aliphatic rings. The molecule has 0 bridgehead atoms. The summed E-state index contributed by atoms with van der Waals surface area (Å²) in [5, 5.41) is 0. The normalized spacial score (nSPS) is 28.1. The number of carbonyl (C=O) groups excluding carboxylic acids is 1. The van der Waals surface area contributed by atoms with Gasteiger partial charge in [-0.2, -0.15) is 0 Å². The van der Waals surface area contributed by atoms with Crippen molar-refractivity contribution in [3.8, 4) is 0 Å². The van der Waals surface area contributed by atoms with E-state index >= 15 is 0 Å². The maximum Gasteiger partial charge on any atom is 0.245 e. The molecule has 1 amide bonds. The van der Waals surface area contributed by atoms with Crippen molar-refractivity contribution >= 4 is 5.91 Å². The van der Waals surface area contributed by atoms with Crippen LogP contribution in [0.2, 0.25) is 0 Å². The number of hydroxylamine groups is 1. The minimum absolute atomic E-state index is 0.0588. The van der Waals surface area contributed by atoms with Crippen molar-refractivity contribution in [1.29, 1.82) is 0 Å². The molecule has 1 aromatic rings. The first-order valence-electron chi connectivity index (χ1n) is 7.78. The topological polar surface area (TPSA) is 62.4 Å². The predicted octanol–water partition coefficient (Wildman–Crippen LogP) is 1.66. The summed E-state index contributed by atoms with van der Waals surface area (Å²) in [5.74, 6) is 0.509. The van der Waals surface area contributed by atoms with Gasteiger partial charge in [-0.05, 0) is 24.3 Å². The second-order valence-electron chi connectivity index (χ2n) is 5.95. The summed E-state index contributed by atoms with van der Waals surface area (Å²) in [6, 6.07) is 10.6. The number of rotatable bonds is 5. The van der Waals surface area contributed by atoms with E-state index < -0.39 is 0 Å². The Morgan fingerprint density at radius 3 is 2.86 bits per heavy atom. The molecule has 21 heavy (non-hydrogen) atoms. The maximum atomic E-state index is 12.0. The highest BCUT2D eigenvalue weighted by molar-refractivity contribution is 5.75. The van der Waals surface area contributed by atoms with Crippen LogP contribution in [0.25, 0.3) is 0 Å². The van der Waals surface area contributed by atoms with Crippen molar-refractivity contribution in [3.05, 3.63) is 35.9 Å². The number of hydrogen-bond donors (Lipinski definition) is 3. The molecule has 1 aromatic carbocycles. The molecule has 1 saturated heterocycles. The number of hydrazine groups is 1. The second kappa shape index (κ2) is 7.02. The Hall–Kier alpha value is -1.43. The second-order valence-corrected chi connectivity index (χ2v) is 5.95. The molecule has 3 N–H and O–H groups in total. The van der Waals surface area contributed by atoms with E-state index in [1.165, 1.54) is 25.7 Å². The predicted molar refractivity (Wildman–Crippen MR) is 79.8 cm³/mol. The Bertz CT molecular complexity index is 466. The average Bonchev–Trinajstić information content (AvgIpc) is 2.92. The smallest absolute Gasteiger partial charge is 0.245 e. The summed E-state index contributed by atoms with van der Waals surface area (Å²) >= 11 is 0. The van der Waals surface area contributed by atoms with Crippen molar-refractivity contribution in [1.82, 2.24) is 16.3 Å². The van der Waals surface area contributed by atoms with E-state index in [9.17, 15) is 4.79 Å². The van der Waals surface area contributed by atoms with Gasteiger partial charge in [-0.15, -0.1) is 0 Å². The first-order chi connectivity index (χ1) is 10.3. The van der Waals surface area contributed by atoms with Crippen LogP contribution in [-0.2, 0) is 16.2 Å². The summed E-state index contributed by atoms with van der Waals surface area (Å²) in [4.78, 5) is 17.2. The Morgan fingerprint density at radius 2 is 2.00 bits per heavy atom. The molecule has 0 radical (unpaired) electrons. The van der Waals surface area contributed by atoms with E-state index in [0.29, 0.717) is 25.0 Å². The highest BCUT2D eigenvalue weighted by Gasteiger charge is 2.37. The van der Waals surface area contributed by atoms with Gasteiger partial charge in [-0.1, -0.05) is 43.2 Å². The number of hydrogen-bond acceptors (Lipinski definition) is 4. The van der Waals surface area contributed by atoms with Crippen molar-refractivity contribution in [2.24, 2.45) is 5.92 Å². The lowest BCUT2D eigenvalue weighted by molar-refractivity contribution is -0.135. The van der Waals surface area contributed by atoms with Crippen molar-refractivity contribution in [3.63, 3.8) is 0 Å². The zero-order valence-electron chi connectivity index (χ0n) is 12.2. The van der Waals surface area contributed by atoms with Crippen molar-refractivity contribution < 1.29 is 9.63 Å². The third kappa shape index (κ3) is 3.81. The standard InChI is InChI=1S/C16H23N3O2/c20-16(19-21-11-12-6-2-1-3-7-12)10-15-13-8-4-5-9-14(13)17-18-15/h1-3,6-7,13-15,17-18H,4-5,8-11H2,(H,19,20). The summed E-state index contributed by atoms with van der Waals surface area (Å²) in [7, 11) is 0. The van der Waals surface area contributed by atoms with Crippen LogP contribution in [-0.4, -0.2) is 18.0 Å². The van der Waals surface area contributed by atoms with Gasteiger partial charge in [0.1, 0.15) is 0 Å². The molecule has 3 atom stereocenters. The molecule has 5 nitrogen and oxygen atoms in total. The lowest BCUT2D eigenvalue weighted by atomic mass is 9.81. The molecule has 0 aromatic heterocycles. The highest BCUT2D eigenvalue weighted by atomic mass is 16.6. The molecule has 1 saturated carbocycles. The quantitative estimate of drug-likeness (QED) is 0.722. The van der Waals surface area contributed by atoms with Crippen LogP contribution >= 0.6 is 0 Å². The van der Waals surface area contributed by atoms with Gasteiger partial charge >= 0.3 is 0 Å². The van der Waals surface area contributed by atoms with E-state index in [2.05, 4.69) is 16.3 Å². The Balaban J connectivity index is 1.40. The minimum Gasteiger partial charge on any atom is -0.273 e. The largest absolute Gasteiger partial charge is 0.273 e. The van der Waals surface area contributed by atoms with E-state index in [4.69, 9.17) is 4.84 Å². The fourth-order valence-electron chi connectivity index (χ4n) is 3.36. The van der Waals surface area contributed by atoms with Crippen LogP contribution in [0, 0.1) is 5.92 Å². The SMILES string of the molecule is O=C(CC1NNC2CCCCC21)NOCc1ccccc1. The molecule has 0 spiro atoms. The minimum atomic E-state index is -0.0588. The van der Waals surface area contributed by atoms with Gasteiger partial charge in [0.05, 0.1) is 6.61 Å². The fraction of sp³-hybridized carbons (Fsp3) is 0.562. The summed E-state index contributed by atoms with van der Waals surface area (Å²) < 4.78 is 0. The summed E-state index contributed by atoms with van der Waals surface area (Å²) in [6.07, 6.45) is 5.43. The van der Waals surface area contributed by atoms with Crippen molar-refractivity contribution in [2.45, 2.75) is 50.8 Å². The lowest BCUT2D eigenvalue weighted by Gasteiger charge is -2.26. The number of fused-ring (bicyclic) bond motifs is 1. The Kier molecular flexibility index (Phi) is 4.85. The lowest BCUT2D eigenvalue weighted by Crippen LogP contribution is -2.37. The molecule has 3 rings (SSSR count). The molecule has 2 fully saturated rings. The third-order valence-corrected chi connectivity index (χ3v) is 4.46. The van der Waals surface area contributed by atoms with Gasteiger partial charge in [0.25, 0.3) is 0 Å². The number of nitrogens with one attached hydrogen (secondary N) is 3. The van der Waals surface area contributed by atoms with Gasteiger partial charge in [-0.3, -0.25) is 20.5 Å². The number of amides is 1. The fourth-order valence-corrected chi connectivity index (χ4v) is 3.36. The Labute approximate surface area is 125 Å². The molecule has 1 heterocycles. The first-order valence-corrected chi connectivity index (χ1v) is 7.78. The van der Waals surface area contributed by atoms with Crippen LogP contribution in [0.3, 0.4) is 0 Å². The summed E-state index contributed by atoms with van der Waals surface area (Å²) in [6.45, 7) is 0.398. The van der Waals surface area contributed by atoms with Crippen LogP contribution in [0.15, 0.2) is 30.3 Å². The molecular formula is C16H23N3O2. The molecular weight excluding hydrogens is 266 g/mol. The Morgan fingerprint density at radius 1 is 1.19 bits per heavy atom.